The second kappa shape index (κ2) is 2.65. The molecule has 0 aliphatic rings. The summed E-state index contributed by atoms with van der Waals surface area (Å²) >= 11 is 0. The lowest BCUT2D eigenvalue weighted by Gasteiger charge is -2.23. The zero-order valence-electron chi connectivity index (χ0n) is 9.02. The first-order valence-electron chi connectivity index (χ1n) is 4.49. The summed E-state index contributed by atoms with van der Waals surface area (Å²) in [6.45, 7) is 13.3. The van der Waals surface area contributed by atoms with Gasteiger partial charge in [-0.05, 0) is 52.7 Å². The zero-order chi connectivity index (χ0) is 9.52. The van der Waals surface area contributed by atoms with Crippen molar-refractivity contribution in [1.29, 1.82) is 0 Å². The molecular formula is C11H19N. The van der Waals surface area contributed by atoms with Crippen LogP contribution < -0.4 is 0 Å². The lowest BCUT2D eigenvalue weighted by atomic mass is 10.1. The third-order valence-corrected chi connectivity index (χ3v) is 2.54. The van der Waals surface area contributed by atoms with Crippen molar-refractivity contribution in [3.63, 3.8) is 0 Å². The highest BCUT2D eigenvalue weighted by atomic mass is 15.0. The molecule has 0 N–H and O–H groups in total. The van der Waals surface area contributed by atoms with Crippen LogP contribution in [0.2, 0.25) is 0 Å². The molecule has 1 aromatic heterocycles. The molecule has 0 aromatic carbocycles. The third-order valence-electron chi connectivity index (χ3n) is 2.54. The lowest BCUT2D eigenvalue weighted by molar-refractivity contribution is 0.390. The summed E-state index contributed by atoms with van der Waals surface area (Å²) in [7, 11) is 0. The van der Waals surface area contributed by atoms with Gasteiger partial charge in [0, 0.05) is 17.4 Å². The summed E-state index contributed by atoms with van der Waals surface area (Å²) in [6, 6.07) is 0. The fourth-order valence-corrected chi connectivity index (χ4v) is 1.55. The van der Waals surface area contributed by atoms with Gasteiger partial charge in [0.25, 0.3) is 0 Å². The topological polar surface area (TPSA) is 4.93 Å². The first-order chi connectivity index (χ1) is 5.34. The second-order valence-electron chi connectivity index (χ2n) is 4.56. The van der Waals surface area contributed by atoms with Crippen LogP contribution in [0.4, 0.5) is 0 Å². The molecule has 0 spiro atoms. The molecule has 0 bridgehead atoms. The van der Waals surface area contributed by atoms with Crippen molar-refractivity contribution in [2.45, 2.75) is 47.1 Å². The Bertz CT molecular complexity index is 287. The number of hydrogen-bond donors (Lipinski definition) is 0. The largest absolute Gasteiger partial charge is 0.346 e. The first kappa shape index (κ1) is 9.37. The Morgan fingerprint density at radius 3 is 1.75 bits per heavy atom. The minimum atomic E-state index is 0.211. The fraction of sp³-hybridized carbons (Fsp3) is 0.636. The van der Waals surface area contributed by atoms with Crippen LogP contribution in [0.3, 0.4) is 0 Å². The summed E-state index contributed by atoms with van der Waals surface area (Å²) < 4.78 is 2.34. The molecule has 1 rings (SSSR count). The van der Waals surface area contributed by atoms with Gasteiger partial charge in [-0.2, -0.15) is 0 Å². The van der Waals surface area contributed by atoms with E-state index in [0.29, 0.717) is 0 Å². The summed E-state index contributed by atoms with van der Waals surface area (Å²) in [5.74, 6) is 0. The molecule has 12 heavy (non-hydrogen) atoms. The number of hydrogen-bond acceptors (Lipinski definition) is 0. The summed E-state index contributed by atoms with van der Waals surface area (Å²) in [5, 5.41) is 0. The average Bonchev–Trinajstić information content (AvgIpc) is 2.15. The van der Waals surface area contributed by atoms with Crippen LogP contribution in [0.1, 0.15) is 37.6 Å². The minimum absolute atomic E-state index is 0.211. The van der Waals surface area contributed by atoms with Gasteiger partial charge in [0.05, 0.1) is 0 Å². The van der Waals surface area contributed by atoms with Crippen LogP contribution in [0.15, 0.2) is 6.20 Å². The molecule has 0 saturated heterocycles. The van der Waals surface area contributed by atoms with Crippen molar-refractivity contribution in [3.05, 3.63) is 23.0 Å². The Hall–Kier alpha value is -0.720. The van der Waals surface area contributed by atoms with Crippen molar-refractivity contribution in [2.24, 2.45) is 0 Å². The van der Waals surface area contributed by atoms with Crippen LogP contribution in [-0.2, 0) is 5.54 Å². The zero-order valence-corrected chi connectivity index (χ0v) is 9.02. The minimum Gasteiger partial charge on any atom is -0.346 e. The summed E-state index contributed by atoms with van der Waals surface area (Å²) in [4.78, 5) is 0. The molecule has 0 amide bonds. The number of aromatic nitrogens is 1. The van der Waals surface area contributed by atoms with E-state index in [-0.39, 0.29) is 5.54 Å². The Kier molecular flexibility index (Phi) is 2.07. The number of aryl methyl sites for hydroxylation is 1. The van der Waals surface area contributed by atoms with Gasteiger partial charge in [-0.25, -0.2) is 0 Å². The maximum Gasteiger partial charge on any atom is 0.0358 e. The molecule has 0 fully saturated rings. The lowest BCUT2D eigenvalue weighted by Crippen LogP contribution is -2.21. The molecule has 0 aliphatic carbocycles. The van der Waals surface area contributed by atoms with Gasteiger partial charge in [-0.1, -0.05) is 0 Å². The molecule has 0 unspecified atom stereocenters. The van der Waals surface area contributed by atoms with Gasteiger partial charge in [-0.15, -0.1) is 0 Å². The van der Waals surface area contributed by atoms with E-state index in [1.54, 1.807) is 0 Å². The van der Waals surface area contributed by atoms with Gasteiger partial charge < -0.3 is 4.57 Å². The van der Waals surface area contributed by atoms with Crippen molar-refractivity contribution < 1.29 is 0 Å². The molecule has 0 atom stereocenters. The maximum absolute atomic E-state index is 2.34. The predicted molar refractivity (Wildman–Crippen MR) is 53.6 cm³/mol. The van der Waals surface area contributed by atoms with Crippen LogP contribution in [0, 0.1) is 20.8 Å². The first-order valence-corrected chi connectivity index (χ1v) is 4.49. The van der Waals surface area contributed by atoms with E-state index in [9.17, 15) is 0 Å². The van der Waals surface area contributed by atoms with Crippen LogP contribution in [-0.4, -0.2) is 4.57 Å². The fourth-order valence-electron chi connectivity index (χ4n) is 1.55. The van der Waals surface area contributed by atoms with Crippen molar-refractivity contribution >= 4 is 0 Å². The Morgan fingerprint density at radius 1 is 1.08 bits per heavy atom. The monoisotopic (exact) mass is 165 g/mol. The molecule has 1 aromatic rings. The highest BCUT2D eigenvalue weighted by molar-refractivity contribution is 5.29. The standard InChI is InChI=1S/C11H19N/c1-8-7-12(11(4,5)6)10(3)9(8)2/h7H,1-6H3. The molecule has 0 saturated carbocycles. The third kappa shape index (κ3) is 1.40. The summed E-state index contributed by atoms with van der Waals surface area (Å²) in [6.07, 6.45) is 2.24. The highest BCUT2D eigenvalue weighted by Crippen LogP contribution is 2.22. The highest BCUT2D eigenvalue weighted by Gasteiger charge is 2.16. The molecule has 1 heterocycles. The van der Waals surface area contributed by atoms with Crippen molar-refractivity contribution in [1.82, 2.24) is 4.57 Å². The van der Waals surface area contributed by atoms with E-state index < -0.39 is 0 Å². The van der Waals surface area contributed by atoms with E-state index in [2.05, 4.69) is 52.3 Å². The molecule has 68 valence electrons. The van der Waals surface area contributed by atoms with Gasteiger partial charge >= 0.3 is 0 Å². The van der Waals surface area contributed by atoms with Crippen molar-refractivity contribution in [3.8, 4) is 0 Å². The Labute approximate surface area is 75.4 Å². The van der Waals surface area contributed by atoms with E-state index in [1.807, 2.05) is 0 Å². The van der Waals surface area contributed by atoms with E-state index >= 15 is 0 Å². The maximum atomic E-state index is 2.34. The van der Waals surface area contributed by atoms with Crippen LogP contribution in [0.25, 0.3) is 0 Å². The summed E-state index contributed by atoms with van der Waals surface area (Å²) in [5.41, 5.74) is 4.41. The van der Waals surface area contributed by atoms with Crippen LogP contribution >= 0.6 is 0 Å². The average molecular weight is 165 g/mol. The Balaban J connectivity index is 3.28. The molecule has 1 nitrogen and oxygen atoms in total. The van der Waals surface area contributed by atoms with E-state index in [4.69, 9.17) is 0 Å². The Morgan fingerprint density at radius 2 is 1.58 bits per heavy atom. The van der Waals surface area contributed by atoms with E-state index in [0.717, 1.165) is 0 Å². The second-order valence-corrected chi connectivity index (χ2v) is 4.56. The molecule has 1 heteroatoms. The van der Waals surface area contributed by atoms with E-state index in [1.165, 1.54) is 16.8 Å². The van der Waals surface area contributed by atoms with Crippen molar-refractivity contribution in [2.75, 3.05) is 0 Å². The quantitative estimate of drug-likeness (QED) is 0.556. The predicted octanol–water partition coefficient (Wildman–Crippen LogP) is 3.17. The number of nitrogens with zero attached hydrogens (tertiary/aromatic N) is 1. The van der Waals surface area contributed by atoms with Crippen LogP contribution in [0.5, 0.6) is 0 Å². The van der Waals surface area contributed by atoms with Gasteiger partial charge in [-0.3, -0.25) is 0 Å². The molecule has 0 radical (unpaired) electrons. The van der Waals surface area contributed by atoms with Gasteiger partial charge in [0.1, 0.15) is 0 Å². The number of rotatable bonds is 0. The van der Waals surface area contributed by atoms with Gasteiger partial charge in [0.15, 0.2) is 0 Å². The molecular weight excluding hydrogens is 146 g/mol. The molecule has 0 aliphatic heterocycles. The SMILES string of the molecule is Cc1cn(C(C)(C)C)c(C)c1C. The smallest absolute Gasteiger partial charge is 0.0358 e. The van der Waals surface area contributed by atoms with Gasteiger partial charge in [0.2, 0.25) is 0 Å². The normalized spacial score (nSPS) is 12.2.